The van der Waals surface area contributed by atoms with Gasteiger partial charge in [0.2, 0.25) is 11.8 Å². The van der Waals surface area contributed by atoms with Gasteiger partial charge in [-0.15, -0.1) is 10.2 Å². The van der Waals surface area contributed by atoms with Crippen LogP contribution in [-0.4, -0.2) is 44.2 Å². The number of nitrogens with zero attached hydrogens (tertiary/aromatic N) is 4. The molecule has 1 aliphatic rings. The smallest absolute Gasteiger partial charge is 0.417 e. The highest BCUT2D eigenvalue weighted by Crippen LogP contribution is 2.37. The van der Waals surface area contributed by atoms with E-state index in [1.807, 2.05) is 53.1 Å². The van der Waals surface area contributed by atoms with Gasteiger partial charge < -0.3 is 24.4 Å². The quantitative estimate of drug-likeness (QED) is 0.261. The Labute approximate surface area is 242 Å². The van der Waals surface area contributed by atoms with E-state index < -0.39 is 29.1 Å². The molecule has 43 heavy (non-hydrogen) atoms. The van der Waals surface area contributed by atoms with E-state index in [2.05, 4.69) is 25.8 Å². The number of amides is 2. The number of alkyl halides is 3. The van der Waals surface area contributed by atoms with Gasteiger partial charge in [0.05, 0.1) is 23.8 Å². The molecule has 5 aromatic rings. The van der Waals surface area contributed by atoms with Crippen LogP contribution in [0.4, 0.5) is 13.2 Å². The summed E-state index contributed by atoms with van der Waals surface area (Å²) in [7, 11) is 1.60. The van der Waals surface area contributed by atoms with E-state index in [0.29, 0.717) is 48.3 Å². The van der Waals surface area contributed by atoms with Crippen LogP contribution in [0.5, 0.6) is 5.75 Å². The number of hydrogen-bond donors (Lipinski definition) is 2. The monoisotopic (exact) mass is 590 g/mol. The van der Waals surface area contributed by atoms with E-state index in [-0.39, 0.29) is 12.1 Å². The molecule has 2 amide bonds. The van der Waals surface area contributed by atoms with Crippen LogP contribution in [-0.2, 0) is 17.5 Å². The van der Waals surface area contributed by atoms with Crippen molar-refractivity contribution in [2.45, 2.75) is 38.0 Å². The second kappa shape index (κ2) is 10.6. The molecule has 0 spiro atoms. The Morgan fingerprint density at radius 2 is 1.81 bits per heavy atom. The minimum absolute atomic E-state index is 0.182. The Morgan fingerprint density at radius 3 is 2.47 bits per heavy atom. The molecule has 0 aliphatic heterocycles. The number of benzene rings is 2. The molecule has 1 aliphatic carbocycles. The van der Waals surface area contributed by atoms with Gasteiger partial charge in [-0.3, -0.25) is 14.6 Å². The standard InChI is InChI=1S/C30H25F3N6O4/c1-17-37-38-27(43-17)25-13-19-12-23(42-2)7-8-24(19)39(25)22-5-3-18(4-6-22)14-35-28(41)29(9-10-29)36-26(40)20-11-21(16-34-15-20)30(31,32)33/h3-8,11-13,15-16H,9-10,14H2,1-2H3,(H,35,41)(H,36,40). The van der Waals surface area contributed by atoms with Crippen molar-refractivity contribution in [2.75, 3.05) is 7.11 Å². The number of methoxy groups -OCH3 is 1. The number of hydrogen-bond acceptors (Lipinski definition) is 7. The van der Waals surface area contributed by atoms with Gasteiger partial charge in [0, 0.05) is 36.9 Å². The zero-order chi connectivity index (χ0) is 30.4. The lowest BCUT2D eigenvalue weighted by molar-refractivity contribution is -0.137. The molecule has 1 saturated carbocycles. The topological polar surface area (TPSA) is 124 Å². The number of aromatic nitrogens is 4. The molecule has 1 fully saturated rings. The summed E-state index contributed by atoms with van der Waals surface area (Å²) in [6.07, 6.45) is -2.21. The van der Waals surface area contributed by atoms with Gasteiger partial charge in [-0.25, -0.2) is 0 Å². The Kier molecular flexibility index (Phi) is 6.87. The van der Waals surface area contributed by atoms with Gasteiger partial charge in [-0.2, -0.15) is 13.2 Å². The zero-order valence-corrected chi connectivity index (χ0v) is 23.0. The molecule has 2 aromatic carbocycles. The van der Waals surface area contributed by atoms with Gasteiger partial charge in [0.1, 0.15) is 17.0 Å². The van der Waals surface area contributed by atoms with Gasteiger partial charge in [-0.05, 0) is 60.9 Å². The highest BCUT2D eigenvalue weighted by Gasteiger charge is 2.51. The van der Waals surface area contributed by atoms with Crippen LogP contribution in [0.25, 0.3) is 28.2 Å². The third kappa shape index (κ3) is 5.53. The second-order valence-corrected chi connectivity index (χ2v) is 10.3. The zero-order valence-electron chi connectivity index (χ0n) is 23.0. The van der Waals surface area contributed by atoms with Crippen LogP contribution < -0.4 is 15.4 Å². The third-order valence-electron chi connectivity index (χ3n) is 7.27. The molecule has 2 N–H and O–H groups in total. The first-order valence-corrected chi connectivity index (χ1v) is 13.3. The third-order valence-corrected chi connectivity index (χ3v) is 7.27. The van der Waals surface area contributed by atoms with Crippen LogP contribution in [0.3, 0.4) is 0 Å². The fraction of sp³-hybridized carbons (Fsp3) is 0.233. The number of ether oxygens (including phenoxy) is 1. The normalized spacial score (nSPS) is 14.0. The molecule has 3 heterocycles. The maximum absolute atomic E-state index is 13.0. The number of aryl methyl sites for hydroxylation is 1. The molecule has 6 rings (SSSR count). The number of halogens is 3. The predicted molar refractivity (Wildman–Crippen MR) is 148 cm³/mol. The van der Waals surface area contributed by atoms with E-state index >= 15 is 0 Å². The molecule has 10 nitrogen and oxygen atoms in total. The summed E-state index contributed by atoms with van der Waals surface area (Å²) in [5.41, 5.74) is 0.743. The summed E-state index contributed by atoms with van der Waals surface area (Å²) >= 11 is 0. The van der Waals surface area contributed by atoms with Crippen molar-refractivity contribution in [3.8, 4) is 23.0 Å². The largest absolute Gasteiger partial charge is 0.497 e. The Morgan fingerprint density at radius 1 is 1.05 bits per heavy atom. The van der Waals surface area contributed by atoms with Crippen molar-refractivity contribution in [3.63, 3.8) is 0 Å². The average Bonchev–Trinajstić information content (AvgIpc) is 3.49. The fourth-order valence-electron chi connectivity index (χ4n) is 4.81. The molecular formula is C30H25F3N6O4. The minimum atomic E-state index is -4.64. The molecule has 13 heteroatoms. The molecule has 0 unspecified atom stereocenters. The predicted octanol–water partition coefficient (Wildman–Crippen LogP) is 4.99. The lowest BCUT2D eigenvalue weighted by atomic mass is 10.1. The van der Waals surface area contributed by atoms with Gasteiger partial charge in [0.15, 0.2) is 0 Å². The number of carbonyl (C=O) groups is 2. The van der Waals surface area contributed by atoms with Crippen LogP contribution in [0, 0.1) is 6.92 Å². The van der Waals surface area contributed by atoms with E-state index in [0.717, 1.165) is 28.4 Å². The first kappa shape index (κ1) is 27.9. The average molecular weight is 591 g/mol. The van der Waals surface area contributed by atoms with Crippen molar-refractivity contribution in [1.29, 1.82) is 0 Å². The number of pyridine rings is 1. The van der Waals surface area contributed by atoms with Gasteiger partial charge >= 0.3 is 6.18 Å². The number of rotatable bonds is 8. The van der Waals surface area contributed by atoms with E-state index in [1.165, 1.54) is 0 Å². The number of nitrogens with one attached hydrogen (secondary N) is 2. The lowest BCUT2D eigenvalue weighted by Crippen LogP contribution is -2.48. The lowest BCUT2D eigenvalue weighted by Gasteiger charge is -2.18. The Bertz CT molecular complexity index is 1840. The van der Waals surface area contributed by atoms with E-state index in [4.69, 9.17) is 9.15 Å². The maximum Gasteiger partial charge on any atom is 0.417 e. The first-order chi connectivity index (χ1) is 20.6. The van der Waals surface area contributed by atoms with E-state index in [9.17, 15) is 22.8 Å². The van der Waals surface area contributed by atoms with Crippen molar-refractivity contribution >= 4 is 22.7 Å². The Balaban J connectivity index is 1.17. The summed E-state index contributed by atoms with van der Waals surface area (Å²) in [6, 6.07) is 15.9. The van der Waals surface area contributed by atoms with Gasteiger partial charge in [-0.1, -0.05) is 12.1 Å². The highest BCUT2D eigenvalue weighted by molar-refractivity contribution is 6.00. The molecule has 0 atom stereocenters. The summed E-state index contributed by atoms with van der Waals surface area (Å²) < 4.78 is 52.1. The summed E-state index contributed by atoms with van der Waals surface area (Å²) in [5.74, 6) is 0.303. The van der Waals surface area contributed by atoms with Crippen LogP contribution >= 0.6 is 0 Å². The molecule has 220 valence electrons. The molecule has 0 saturated heterocycles. The first-order valence-electron chi connectivity index (χ1n) is 13.3. The molecule has 3 aromatic heterocycles. The van der Waals surface area contributed by atoms with Crippen LogP contribution in [0.2, 0.25) is 0 Å². The summed E-state index contributed by atoms with van der Waals surface area (Å²) in [5, 5.41) is 14.5. The summed E-state index contributed by atoms with van der Waals surface area (Å²) in [6.45, 7) is 1.90. The minimum Gasteiger partial charge on any atom is -0.497 e. The van der Waals surface area contributed by atoms with E-state index in [1.54, 1.807) is 14.0 Å². The highest BCUT2D eigenvalue weighted by atomic mass is 19.4. The van der Waals surface area contributed by atoms with Crippen LogP contribution in [0.1, 0.15) is 40.2 Å². The SMILES string of the molecule is COc1ccc2c(c1)cc(-c1nnc(C)o1)n2-c1ccc(CNC(=O)C2(NC(=O)c3cncc(C(F)(F)F)c3)CC2)cc1. The van der Waals surface area contributed by atoms with Crippen molar-refractivity contribution in [2.24, 2.45) is 0 Å². The second-order valence-electron chi connectivity index (χ2n) is 10.3. The number of carbonyl (C=O) groups excluding carboxylic acids is 2. The van der Waals surface area contributed by atoms with Crippen molar-refractivity contribution < 1.29 is 31.9 Å². The number of fused-ring (bicyclic) bond motifs is 1. The molecular weight excluding hydrogens is 565 g/mol. The van der Waals surface area contributed by atoms with Crippen molar-refractivity contribution in [1.82, 2.24) is 30.4 Å². The Hall–Kier alpha value is -5.20. The maximum atomic E-state index is 13.0. The fourth-order valence-corrected chi connectivity index (χ4v) is 4.81. The summed E-state index contributed by atoms with van der Waals surface area (Å²) in [4.78, 5) is 29.2. The molecule has 0 bridgehead atoms. The van der Waals surface area contributed by atoms with Crippen molar-refractivity contribution in [3.05, 3.63) is 89.6 Å². The molecule has 0 radical (unpaired) electrons. The van der Waals surface area contributed by atoms with Crippen LogP contribution in [0.15, 0.2) is 71.4 Å². The van der Waals surface area contributed by atoms with Gasteiger partial charge in [0.25, 0.3) is 11.8 Å².